The van der Waals surface area contributed by atoms with E-state index in [0.717, 1.165) is 17.6 Å². The van der Waals surface area contributed by atoms with Crippen LogP contribution < -0.4 is 4.74 Å². The van der Waals surface area contributed by atoms with Crippen LogP contribution in [0.2, 0.25) is 0 Å². The summed E-state index contributed by atoms with van der Waals surface area (Å²) in [5, 5.41) is 0. The number of fused-ring (bicyclic) bond motifs is 1. The lowest BCUT2D eigenvalue weighted by atomic mass is 9.82. The van der Waals surface area contributed by atoms with Crippen LogP contribution >= 0.6 is 0 Å². The minimum Gasteiger partial charge on any atom is -0.497 e. The average Bonchev–Trinajstić information content (AvgIpc) is 2.69. The lowest BCUT2D eigenvalue weighted by molar-refractivity contribution is 0.175. The number of benzene rings is 2. The number of nitrogens with zero attached hydrogens (tertiary/aromatic N) is 1. The van der Waals surface area contributed by atoms with E-state index >= 15 is 0 Å². The number of methoxy groups -OCH3 is 1. The molecule has 1 atom stereocenters. The van der Waals surface area contributed by atoms with E-state index in [0.29, 0.717) is 0 Å². The topological polar surface area (TPSA) is 12.5 Å². The van der Waals surface area contributed by atoms with E-state index in [1.165, 1.54) is 68.4 Å². The minimum atomic E-state index is 0.761. The molecule has 25 heavy (non-hydrogen) atoms. The smallest absolute Gasteiger partial charge is 0.119 e. The Labute approximate surface area is 151 Å². The standard InChI is InChI=1S/C23H29NO/c1-25-23-10-9-21-15-18(7-8-22(21)16-23)17-24-13-11-20(12-14-24)19-5-3-2-4-6-19/h2-6,9-10,16,18,20H,7-8,11-15,17H2,1H3. The fourth-order valence-electron chi connectivity index (χ4n) is 4.63. The molecule has 1 unspecified atom stereocenters. The SMILES string of the molecule is COc1ccc2c(c1)CCC(CN1CCC(c3ccccc3)CC1)C2. The molecule has 0 bridgehead atoms. The Kier molecular flexibility index (Phi) is 5.07. The van der Waals surface area contributed by atoms with Crippen molar-refractivity contribution < 1.29 is 4.74 Å². The molecule has 2 heteroatoms. The molecule has 1 aliphatic heterocycles. The van der Waals surface area contributed by atoms with Gasteiger partial charge in [0.05, 0.1) is 7.11 Å². The Morgan fingerprint density at radius 1 is 0.960 bits per heavy atom. The Hall–Kier alpha value is -1.80. The molecule has 1 saturated heterocycles. The lowest BCUT2D eigenvalue weighted by Crippen LogP contribution is -2.38. The fraction of sp³-hybridized carbons (Fsp3) is 0.478. The van der Waals surface area contributed by atoms with Crippen molar-refractivity contribution in [2.24, 2.45) is 5.92 Å². The monoisotopic (exact) mass is 335 g/mol. The zero-order valence-electron chi connectivity index (χ0n) is 15.3. The summed E-state index contributed by atoms with van der Waals surface area (Å²) >= 11 is 0. The van der Waals surface area contributed by atoms with Crippen LogP contribution in [-0.4, -0.2) is 31.6 Å². The minimum absolute atomic E-state index is 0.761. The molecule has 1 aliphatic carbocycles. The molecule has 0 spiro atoms. The van der Waals surface area contributed by atoms with Crippen molar-refractivity contribution in [3.05, 3.63) is 65.2 Å². The van der Waals surface area contributed by atoms with E-state index in [-0.39, 0.29) is 0 Å². The van der Waals surface area contributed by atoms with Crippen molar-refractivity contribution in [3.63, 3.8) is 0 Å². The Morgan fingerprint density at radius 3 is 2.52 bits per heavy atom. The van der Waals surface area contributed by atoms with E-state index < -0.39 is 0 Å². The molecule has 1 fully saturated rings. The van der Waals surface area contributed by atoms with Crippen molar-refractivity contribution in [2.45, 2.75) is 38.0 Å². The summed E-state index contributed by atoms with van der Waals surface area (Å²) in [6, 6.07) is 17.7. The second-order valence-electron chi connectivity index (χ2n) is 7.73. The van der Waals surface area contributed by atoms with Crippen molar-refractivity contribution in [2.75, 3.05) is 26.7 Å². The highest BCUT2D eigenvalue weighted by Crippen LogP contribution is 2.31. The van der Waals surface area contributed by atoms with Gasteiger partial charge >= 0.3 is 0 Å². The van der Waals surface area contributed by atoms with Crippen LogP contribution in [0, 0.1) is 5.92 Å². The maximum atomic E-state index is 5.37. The molecular weight excluding hydrogens is 306 g/mol. The molecule has 0 aromatic heterocycles. The summed E-state index contributed by atoms with van der Waals surface area (Å²) in [5.41, 5.74) is 4.57. The summed E-state index contributed by atoms with van der Waals surface area (Å²) < 4.78 is 5.37. The highest BCUT2D eigenvalue weighted by atomic mass is 16.5. The second-order valence-corrected chi connectivity index (χ2v) is 7.73. The number of hydrogen-bond donors (Lipinski definition) is 0. The number of rotatable bonds is 4. The second kappa shape index (κ2) is 7.61. The number of hydrogen-bond acceptors (Lipinski definition) is 2. The molecular formula is C23H29NO. The normalized spacial score (nSPS) is 21.7. The van der Waals surface area contributed by atoms with Gasteiger partial charge in [0.1, 0.15) is 5.75 Å². The van der Waals surface area contributed by atoms with E-state index in [4.69, 9.17) is 4.74 Å². The summed E-state index contributed by atoms with van der Waals surface area (Å²) in [6.07, 6.45) is 6.38. The quantitative estimate of drug-likeness (QED) is 0.804. The first-order chi connectivity index (χ1) is 12.3. The number of aryl methyl sites for hydroxylation is 1. The van der Waals surface area contributed by atoms with Crippen LogP contribution in [0.15, 0.2) is 48.5 Å². The van der Waals surface area contributed by atoms with Crippen LogP contribution in [0.4, 0.5) is 0 Å². The van der Waals surface area contributed by atoms with Gasteiger partial charge in [-0.1, -0.05) is 36.4 Å². The van der Waals surface area contributed by atoms with Crippen LogP contribution in [0.25, 0.3) is 0 Å². The van der Waals surface area contributed by atoms with Gasteiger partial charge in [-0.3, -0.25) is 0 Å². The third kappa shape index (κ3) is 3.90. The van der Waals surface area contributed by atoms with Crippen molar-refractivity contribution in [3.8, 4) is 5.75 Å². The lowest BCUT2D eigenvalue weighted by Gasteiger charge is -2.36. The van der Waals surface area contributed by atoms with Crippen LogP contribution in [0.5, 0.6) is 5.75 Å². The fourth-order valence-corrected chi connectivity index (χ4v) is 4.63. The van der Waals surface area contributed by atoms with E-state index in [9.17, 15) is 0 Å². The molecule has 2 aliphatic rings. The van der Waals surface area contributed by atoms with Gasteiger partial charge in [0.2, 0.25) is 0 Å². The molecule has 132 valence electrons. The maximum Gasteiger partial charge on any atom is 0.119 e. The first kappa shape index (κ1) is 16.7. The predicted molar refractivity (Wildman–Crippen MR) is 103 cm³/mol. The molecule has 4 rings (SSSR count). The highest BCUT2D eigenvalue weighted by molar-refractivity contribution is 5.37. The number of piperidine rings is 1. The molecule has 2 aromatic carbocycles. The zero-order valence-corrected chi connectivity index (χ0v) is 15.3. The van der Waals surface area contributed by atoms with E-state index in [1.807, 2.05) is 0 Å². The highest BCUT2D eigenvalue weighted by Gasteiger charge is 2.25. The Balaban J connectivity index is 1.30. The van der Waals surface area contributed by atoms with E-state index in [2.05, 4.69) is 53.4 Å². The first-order valence-corrected chi connectivity index (χ1v) is 9.75. The van der Waals surface area contributed by atoms with Crippen molar-refractivity contribution >= 4 is 0 Å². The summed E-state index contributed by atoms with van der Waals surface area (Å²) in [5.74, 6) is 2.58. The van der Waals surface area contributed by atoms with Gasteiger partial charge < -0.3 is 9.64 Å². The average molecular weight is 335 g/mol. The zero-order chi connectivity index (χ0) is 17.1. The third-order valence-corrected chi connectivity index (χ3v) is 6.12. The van der Waals surface area contributed by atoms with Crippen LogP contribution in [0.3, 0.4) is 0 Å². The predicted octanol–water partition coefficient (Wildman–Crippen LogP) is 4.68. The van der Waals surface area contributed by atoms with Crippen molar-refractivity contribution in [1.82, 2.24) is 4.90 Å². The van der Waals surface area contributed by atoms with Crippen LogP contribution in [-0.2, 0) is 12.8 Å². The van der Waals surface area contributed by atoms with Gasteiger partial charge in [0, 0.05) is 6.54 Å². The summed E-state index contributed by atoms with van der Waals surface area (Å²) in [6.45, 7) is 3.78. The third-order valence-electron chi connectivity index (χ3n) is 6.12. The molecule has 0 amide bonds. The van der Waals surface area contributed by atoms with Gasteiger partial charge in [0.15, 0.2) is 0 Å². The molecule has 0 radical (unpaired) electrons. The van der Waals surface area contributed by atoms with E-state index in [1.54, 1.807) is 7.11 Å². The Bertz CT molecular complexity index is 688. The molecule has 1 heterocycles. The summed E-state index contributed by atoms with van der Waals surface area (Å²) in [4.78, 5) is 2.71. The summed E-state index contributed by atoms with van der Waals surface area (Å²) in [7, 11) is 1.76. The molecule has 0 saturated carbocycles. The molecule has 2 nitrogen and oxygen atoms in total. The van der Waals surface area contributed by atoms with Crippen molar-refractivity contribution in [1.29, 1.82) is 0 Å². The Morgan fingerprint density at radius 2 is 1.76 bits per heavy atom. The maximum absolute atomic E-state index is 5.37. The van der Waals surface area contributed by atoms with Gasteiger partial charge in [-0.15, -0.1) is 0 Å². The molecule has 0 N–H and O–H groups in total. The van der Waals surface area contributed by atoms with Gasteiger partial charge in [0.25, 0.3) is 0 Å². The molecule has 2 aromatic rings. The largest absolute Gasteiger partial charge is 0.497 e. The number of ether oxygens (including phenoxy) is 1. The van der Waals surface area contributed by atoms with Gasteiger partial charge in [-0.05, 0) is 85.9 Å². The van der Waals surface area contributed by atoms with Gasteiger partial charge in [-0.25, -0.2) is 0 Å². The van der Waals surface area contributed by atoms with Gasteiger partial charge in [-0.2, -0.15) is 0 Å². The number of likely N-dealkylation sites (tertiary alicyclic amines) is 1. The first-order valence-electron chi connectivity index (χ1n) is 9.75. The van der Waals surface area contributed by atoms with Crippen LogP contribution in [0.1, 0.15) is 41.9 Å².